The molecule has 8 nitrogen and oxygen atoms in total. The third-order valence-corrected chi connectivity index (χ3v) is 5.42. The van der Waals surface area contributed by atoms with Crippen molar-refractivity contribution in [2.24, 2.45) is 0 Å². The van der Waals surface area contributed by atoms with Gasteiger partial charge in [0, 0.05) is 5.56 Å². The zero-order chi connectivity index (χ0) is 20.7. The molecule has 0 spiro atoms. The first-order valence-electron chi connectivity index (χ1n) is 9.63. The highest BCUT2D eigenvalue weighted by Crippen LogP contribution is 2.33. The van der Waals surface area contributed by atoms with Crippen molar-refractivity contribution >= 4 is 11.2 Å². The van der Waals surface area contributed by atoms with Crippen LogP contribution in [0, 0.1) is 0 Å². The van der Waals surface area contributed by atoms with E-state index in [1.807, 2.05) is 42.5 Å². The molecule has 4 aromatic rings. The van der Waals surface area contributed by atoms with Crippen LogP contribution in [0.25, 0.3) is 33.5 Å². The summed E-state index contributed by atoms with van der Waals surface area (Å²) in [7, 11) is 0. The topological polar surface area (TPSA) is 114 Å². The molecule has 2 aromatic heterocycles. The molecule has 5 rings (SSSR count). The summed E-state index contributed by atoms with van der Waals surface area (Å²) in [6.45, 7) is -0.393. The number of hydrogen-bond acceptors (Lipinski definition) is 7. The summed E-state index contributed by atoms with van der Waals surface area (Å²) in [5, 5.41) is 29.7. The number of aromatic nitrogens is 4. The molecule has 0 saturated carbocycles. The first kappa shape index (κ1) is 18.8. The number of nitrogens with zero attached hydrogens (tertiary/aromatic N) is 4. The van der Waals surface area contributed by atoms with E-state index >= 15 is 0 Å². The minimum Gasteiger partial charge on any atom is -0.394 e. The number of fused-ring (bicyclic) bond motifs is 1. The molecule has 1 aliphatic heterocycles. The van der Waals surface area contributed by atoms with Crippen molar-refractivity contribution in [3.05, 3.63) is 67.3 Å². The van der Waals surface area contributed by atoms with E-state index in [1.54, 1.807) is 4.57 Å². The Kier molecular flexibility index (Phi) is 4.76. The van der Waals surface area contributed by atoms with Crippen molar-refractivity contribution < 1.29 is 20.1 Å². The van der Waals surface area contributed by atoms with E-state index in [-0.39, 0.29) is 0 Å². The van der Waals surface area contributed by atoms with Crippen LogP contribution in [-0.2, 0) is 4.74 Å². The van der Waals surface area contributed by atoms with Gasteiger partial charge in [-0.25, -0.2) is 15.0 Å². The van der Waals surface area contributed by atoms with Gasteiger partial charge in [0.15, 0.2) is 11.9 Å². The molecule has 30 heavy (non-hydrogen) atoms. The molecule has 0 amide bonds. The second-order valence-corrected chi connectivity index (χ2v) is 7.22. The summed E-state index contributed by atoms with van der Waals surface area (Å²) < 4.78 is 7.17. The first-order chi connectivity index (χ1) is 14.7. The monoisotopic (exact) mass is 404 g/mol. The maximum atomic E-state index is 10.3. The maximum Gasteiger partial charge on any atom is 0.166 e. The van der Waals surface area contributed by atoms with Crippen LogP contribution in [0.2, 0.25) is 0 Å². The molecule has 0 bridgehead atoms. The van der Waals surface area contributed by atoms with Gasteiger partial charge in [-0.05, 0) is 11.1 Å². The normalized spacial score (nSPS) is 23.8. The van der Waals surface area contributed by atoms with Gasteiger partial charge >= 0.3 is 0 Å². The lowest BCUT2D eigenvalue weighted by atomic mass is 10.0. The zero-order valence-corrected chi connectivity index (χ0v) is 15.9. The van der Waals surface area contributed by atoms with Gasteiger partial charge in [-0.2, -0.15) is 0 Å². The van der Waals surface area contributed by atoms with Crippen LogP contribution in [0.5, 0.6) is 0 Å². The molecule has 0 radical (unpaired) electrons. The van der Waals surface area contributed by atoms with Gasteiger partial charge in [0.25, 0.3) is 0 Å². The second-order valence-electron chi connectivity index (χ2n) is 7.22. The largest absolute Gasteiger partial charge is 0.394 e. The summed E-state index contributed by atoms with van der Waals surface area (Å²) in [5.74, 6) is 0. The van der Waals surface area contributed by atoms with E-state index in [0.29, 0.717) is 16.9 Å². The van der Waals surface area contributed by atoms with Gasteiger partial charge < -0.3 is 20.1 Å². The number of benzene rings is 2. The molecule has 3 heterocycles. The van der Waals surface area contributed by atoms with Gasteiger partial charge in [0.1, 0.15) is 35.8 Å². The smallest absolute Gasteiger partial charge is 0.166 e. The Bertz CT molecular complexity index is 1160. The summed E-state index contributed by atoms with van der Waals surface area (Å²) in [6, 6.07) is 18.1. The number of hydrogen-bond donors (Lipinski definition) is 3. The molecule has 152 valence electrons. The van der Waals surface area contributed by atoms with Crippen molar-refractivity contribution in [1.29, 1.82) is 0 Å². The van der Waals surface area contributed by atoms with Crippen LogP contribution in [0.1, 0.15) is 6.23 Å². The van der Waals surface area contributed by atoms with E-state index in [1.165, 1.54) is 12.7 Å². The molecule has 1 fully saturated rings. The fraction of sp³-hybridized carbons (Fsp3) is 0.227. The molecule has 1 aliphatic rings. The lowest BCUT2D eigenvalue weighted by molar-refractivity contribution is -0.0511. The van der Waals surface area contributed by atoms with E-state index in [0.717, 1.165) is 16.7 Å². The highest BCUT2D eigenvalue weighted by molar-refractivity contribution is 5.87. The number of imidazole rings is 1. The fourth-order valence-corrected chi connectivity index (χ4v) is 3.81. The molecule has 0 aliphatic carbocycles. The Labute approximate surface area is 172 Å². The molecular formula is C22H20N4O4. The van der Waals surface area contributed by atoms with Gasteiger partial charge in [0.05, 0.1) is 12.9 Å². The summed E-state index contributed by atoms with van der Waals surface area (Å²) in [6.07, 6.45) is -1.23. The van der Waals surface area contributed by atoms with E-state index < -0.39 is 31.1 Å². The molecule has 4 atom stereocenters. The fourth-order valence-electron chi connectivity index (χ4n) is 3.81. The predicted molar refractivity (Wildman–Crippen MR) is 109 cm³/mol. The lowest BCUT2D eigenvalue weighted by Gasteiger charge is -2.16. The number of aliphatic hydroxyl groups excluding tert-OH is 3. The van der Waals surface area contributed by atoms with E-state index in [2.05, 4.69) is 27.1 Å². The van der Waals surface area contributed by atoms with Gasteiger partial charge in [-0.3, -0.25) is 4.57 Å². The minimum atomic E-state index is -1.21. The van der Waals surface area contributed by atoms with Crippen molar-refractivity contribution in [3.8, 4) is 22.4 Å². The van der Waals surface area contributed by atoms with E-state index in [9.17, 15) is 15.3 Å². The Morgan fingerprint density at radius 3 is 2.23 bits per heavy atom. The second kappa shape index (κ2) is 7.58. The van der Waals surface area contributed by atoms with E-state index in [4.69, 9.17) is 4.74 Å². The Balaban J connectivity index is 1.51. The summed E-state index contributed by atoms with van der Waals surface area (Å²) in [4.78, 5) is 13.1. The molecular weight excluding hydrogens is 384 g/mol. The van der Waals surface area contributed by atoms with Crippen LogP contribution in [0.3, 0.4) is 0 Å². The van der Waals surface area contributed by atoms with Gasteiger partial charge in [-0.1, -0.05) is 54.6 Å². The van der Waals surface area contributed by atoms with Crippen LogP contribution in [0.4, 0.5) is 0 Å². The van der Waals surface area contributed by atoms with Crippen molar-refractivity contribution in [2.75, 3.05) is 6.61 Å². The van der Waals surface area contributed by atoms with Crippen molar-refractivity contribution in [2.45, 2.75) is 24.5 Å². The molecule has 1 saturated heterocycles. The average molecular weight is 404 g/mol. The first-order valence-corrected chi connectivity index (χ1v) is 9.63. The van der Waals surface area contributed by atoms with Gasteiger partial charge in [-0.15, -0.1) is 0 Å². The molecule has 8 heteroatoms. The van der Waals surface area contributed by atoms with Crippen LogP contribution >= 0.6 is 0 Å². The lowest BCUT2D eigenvalue weighted by Crippen LogP contribution is -2.33. The highest BCUT2D eigenvalue weighted by Gasteiger charge is 2.44. The predicted octanol–water partition coefficient (Wildman–Crippen LogP) is 1.77. The van der Waals surface area contributed by atoms with Crippen molar-refractivity contribution in [1.82, 2.24) is 19.5 Å². The van der Waals surface area contributed by atoms with Crippen LogP contribution in [-0.4, -0.2) is 59.8 Å². The van der Waals surface area contributed by atoms with Crippen LogP contribution in [0.15, 0.2) is 67.3 Å². The SMILES string of the molecule is OC[C@H]1O[C@@H](n2cnc3c(-c4ccc(-c5ccccc5)cc4)ncnc32)[C@H](O)[C@@H]1O. The average Bonchev–Trinajstić information content (AvgIpc) is 3.35. The summed E-state index contributed by atoms with van der Waals surface area (Å²) >= 11 is 0. The number of aliphatic hydroxyl groups is 3. The standard InChI is InChI=1S/C22H20N4O4/c27-10-16-19(28)20(29)22(30-16)26-12-25-18-17(23-11-24-21(18)26)15-8-6-14(7-9-15)13-4-2-1-3-5-13/h1-9,11-12,16,19-20,22,27-29H,10H2/t16-,19-,20-,22-/m1/s1. The zero-order valence-electron chi connectivity index (χ0n) is 15.9. The minimum absolute atomic E-state index is 0.393. The third kappa shape index (κ3) is 3.06. The number of ether oxygens (including phenoxy) is 1. The Morgan fingerprint density at radius 1 is 0.833 bits per heavy atom. The third-order valence-electron chi connectivity index (χ3n) is 5.42. The number of rotatable bonds is 4. The Morgan fingerprint density at radius 2 is 1.53 bits per heavy atom. The maximum absolute atomic E-state index is 10.3. The molecule has 2 aromatic carbocycles. The van der Waals surface area contributed by atoms with Gasteiger partial charge in [0.2, 0.25) is 0 Å². The van der Waals surface area contributed by atoms with Crippen LogP contribution < -0.4 is 0 Å². The highest BCUT2D eigenvalue weighted by atomic mass is 16.6. The van der Waals surface area contributed by atoms with Crippen molar-refractivity contribution in [3.63, 3.8) is 0 Å². The molecule has 0 unspecified atom stereocenters. The Hall–Kier alpha value is -3.17. The molecule has 3 N–H and O–H groups in total. The quantitative estimate of drug-likeness (QED) is 0.475. The summed E-state index contributed by atoms with van der Waals surface area (Å²) in [5.41, 5.74) is 4.80.